The van der Waals surface area contributed by atoms with Crippen LogP contribution in [-0.4, -0.2) is 44.7 Å². The van der Waals surface area contributed by atoms with E-state index >= 15 is 0 Å². The Bertz CT molecular complexity index is 587. The van der Waals surface area contributed by atoms with Crippen LogP contribution < -0.4 is 9.04 Å². The summed E-state index contributed by atoms with van der Waals surface area (Å²) in [4.78, 5) is 2.07. The maximum Gasteiger partial charge on any atom is 0.359 e. The highest BCUT2D eigenvalue weighted by Crippen LogP contribution is 2.22. The SMILES string of the molecule is C=CCN(C)C(CCCC)Oc1ccc(N(C)S(=O)(=O)O)cc1. The van der Waals surface area contributed by atoms with Gasteiger partial charge < -0.3 is 4.74 Å². The van der Waals surface area contributed by atoms with Gasteiger partial charge in [-0.2, -0.15) is 8.42 Å². The number of unbranched alkanes of at least 4 members (excludes halogenated alkanes) is 1. The normalized spacial score (nSPS) is 12.9. The predicted molar refractivity (Wildman–Crippen MR) is 93.2 cm³/mol. The first-order valence-corrected chi connectivity index (χ1v) is 8.98. The third-order valence-corrected chi connectivity index (χ3v) is 4.43. The highest BCUT2D eigenvalue weighted by molar-refractivity contribution is 7.87. The zero-order valence-corrected chi connectivity index (χ0v) is 14.8. The molecule has 1 N–H and O–H groups in total. The average Bonchev–Trinajstić information content (AvgIpc) is 2.50. The summed E-state index contributed by atoms with van der Waals surface area (Å²) in [7, 11) is -0.992. The van der Waals surface area contributed by atoms with Crippen LogP contribution in [0.5, 0.6) is 5.75 Å². The van der Waals surface area contributed by atoms with E-state index in [9.17, 15) is 8.42 Å². The summed E-state index contributed by atoms with van der Waals surface area (Å²) in [6.07, 6.45) is 4.79. The molecule has 1 rings (SSSR count). The number of anilines is 1. The Balaban J connectivity index is 2.82. The quantitative estimate of drug-likeness (QED) is 0.402. The molecule has 130 valence electrons. The van der Waals surface area contributed by atoms with Crippen LogP contribution in [0.25, 0.3) is 0 Å². The van der Waals surface area contributed by atoms with Crippen molar-refractivity contribution in [2.75, 3.05) is 24.9 Å². The molecule has 1 unspecified atom stereocenters. The molecule has 23 heavy (non-hydrogen) atoms. The molecule has 0 bridgehead atoms. The summed E-state index contributed by atoms with van der Waals surface area (Å²) in [6.45, 7) is 6.59. The van der Waals surface area contributed by atoms with E-state index in [1.807, 2.05) is 13.1 Å². The van der Waals surface area contributed by atoms with Crippen LogP contribution in [0.2, 0.25) is 0 Å². The number of ether oxygens (including phenoxy) is 1. The smallest absolute Gasteiger partial charge is 0.359 e. The minimum absolute atomic E-state index is 0.0712. The van der Waals surface area contributed by atoms with Gasteiger partial charge in [-0.15, -0.1) is 6.58 Å². The lowest BCUT2D eigenvalue weighted by atomic mass is 10.2. The molecule has 0 aromatic heterocycles. The molecule has 1 aromatic rings. The van der Waals surface area contributed by atoms with Crippen molar-refractivity contribution in [2.24, 2.45) is 0 Å². The Morgan fingerprint density at radius 1 is 1.30 bits per heavy atom. The van der Waals surface area contributed by atoms with Crippen molar-refractivity contribution in [3.05, 3.63) is 36.9 Å². The van der Waals surface area contributed by atoms with Gasteiger partial charge in [-0.05, 0) is 44.2 Å². The number of hydrogen-bond donors (Lipinski definition) is 1. The zero-order chi connectivity index (χ0) is 17.5. The number of nitrogens with zero attached hydrogens (tertiary/aromatic N) is 2. The van der Waals surface area contributed by atoms with Gasteiger partial charge in [0.15, 0.2) is 6.23 Å². The highest BCUT2D eigenvalue weighted by atomic mass is 32.2. The molecule has 0 amide bonds. The molecule has 0 saturated carbocycles. The number of likely N-dealkylation sites (N-methyl/N-ethyl adjacent to an activating group) is 1. The van der Waals surface area contributed by atoms with E-state index in [2.05, 4.69) is 18.4 Å². The van der Waals surface area contributed by atoms with Gasteiger partial charge in [0.2, 0.25) is 0 Å². The summed E-state index contributed by atoms with van der Waals surface area (Å²) < 4.78 is 38.0. The minimum Gasteiger partial charge on any atom is -0.475 e. The van der Waals surface area contributed by atoms with Crippen LogP contribution in [0, 0.1) is 0 Å². The second kappa shape index (κ2) is 8.90. The second-order valence-electron chi connectivity index (χ2n) is 5.38. The summed E-state index contributed by atoms with van der Waals surface area (Å²) >= 11 is 0. The zero-order valence-electron chi connectivity index (χ0n) is 14.0. The minimum atomic E-state index is -4.25. The van der Waals surface area contributed by atoms with Crippen molar-refractivity contribution in [1.82, 2.24) is 4.90 Å². The van der Waals surface area contributed by atoms with Crippen molar-refractivity contribution in [1.29, 1.82) is 0 Å². The van der Waals surface area contributed by atoms with E-state index in [1.165, 1.54) is 7.05 Å². The molecule has 7 heteroatoms. The standard InChI is InChI=1S/C16H26N2O4S/c1-5-7-8-16(17(3)13-6-2)22-15-11-9-14(10-12-15)18(4)23(19,20)21/h6,9-12,16H,2,5,7-8,13H2,1,3-4H3,(H,19,20,21). The molecule has 0 radical (unpaired) electrons. The highest BCUT2D eigenvalue weighted by Gasteiger charge is 2.17. The molecule has 6 nitrogen and oxygen atoms in total. The lowest BCUT2D eigenvalue weighted by Crippen LogP contribution is -2.36. The van der Waals surface area contributed by atoms with E-state index in [4.69, 9.17) is 9.29 Å². The molecule has 0 spiro atoms. The van der Waals surface area contributed by atoms with Crippen molar-refractivity contribution in [2.45, 2.75) is 32.4 Å². The Morgan fingerprint density at radius 2 is 1.91 bits per heavy atom. The Morgan fingerprint density at radius 3 is 2.39 bits per heavy atom. The lowest BCUT2D eigenvalue weighted by Gasteiger charge is -2.28. The van der Waals surface area contributed by atoms with Gasteiger partial charge in [-0.3, -0.25) is 13.8 Å². The molecule has 0 aliphatic heterocycles. The fourth-order valence-corrected chi connectivity index (χ4v) is 2.48. The third-order valence-electron chi connectivity index (χ3n) is 3.53. The molecule has 0 heterocycles. The largest absolute Gasteiger partial charge is 0.475 e. The Labute approximate surface area is 139 Å². The van der Waals surface area contributed by atoms with Gasteiger partial charge in [-0.25, -0.2) is 0 Å². The second-order valence-corrected chi connectivity index (χ2v) is 6.83. The van der Waals surface area contributed by atoms with E-state index in [0.717, 1.165) is 30.1 Å². The van der Waals surface area contributed by atoms with Crippen LogP contribution in [0.15, 0.2) is 36.9 Å². The first-order valence-electron chi connectivity index (χ1n) is 7.58. The molecule has 0 aliphatic rings. The summed E-state index contributed by atoms with van der Waals surface area (Å²) in [5.74, 6) is 0.648. The lowest BCUT2D eigenvalue weighted by molar-refractivity contribution is 0.0444. The van der Waals surface area contributed by atoms with Gasteiger partial charge in [-0.1, -0.05) is 19.4 Å². The van der Waals surface area contributed by atoms with Gasteiger partial charge in [0.1, 0.15) is 5.75 Å². The molecule has 0 aliphatic carbocycles. The van der Waals surface area contributed by atoms with Crippen LogP contribution in [-0.2, 0) is 10.3 Å². The Hall–Kier alpha value is -1.57. The van der Waals surface area contributed by atoms with Crippen molar-refractivity contribution in [3.8, 4) is 5.75 Å². The topological polar surface area (TPSA) is 70.1 Å². The maximum absolute atomic E-state index is 11.1. The molecular formula is C16H26N2O4S. The van der Waals surface area contributed by atoms with Crippen LogP contribution in [0.3, 0.4) is 0 Å². The fraction of sp³-hybridized carbons (Fsp3) is 0.500. The van der Waals surface area contributed by atoms with Crippen molar-refractivity contribution >= 4 is 16.0 Å². The summed E-state index contributed by atoms with van der Waals surface area (Å²) in [5, 5.41) is 0. The number of rotatable bonds is 10. The van der Waals surface area contributed by atoms with Crippen LogP contribution >= 0.6 is 0 Å². The van der Waals surface area contributed by atoms with Crippen molar-refractivity contribution < 1.29 is 17.7 Å². The number of hydrogen-bond acceptors (Lipinski definition) is 4. The summed E-state index contributed by atoms with van der Waals surface area (Å²) in [6, 6.07) is 6.57. The first kappa shape index (κ1) is 19.5. The molecule has 0 fully saturated rings. The molecule has 1 atom stereocenters. The van der Waals surface area contributed by atoms with Crippen LogP contribution in [0.4, 0.5) is 5.69 Å². The fourth-order valence-electron chi connectivity index (χ4n) is 2.09. The van der Waals surface area contributed by atoms with Gasteiger partial charge in [0.05, 0.1) is 5.69 Å². The predicted octanol–water partition coefficient (Wildman–Crippen LogP) is 2.94. The first-order chi connectivity index (χ1) is 10.8. The van der Waals surface area contributed by atoms with Gasteiger partial charge in [0, 0.05) is 13.6 Å². The molecular weight excluding hydrogens is 316 g/mol. The van der Waals surface area contributed by atoms with Gasteiger partial charge in [0.25, 0.3) is 0 Å². The number of benzene rings is 1. The van der Waals surface area contributed by atoms with Crippen LogP contribution in [0.1, 0.15) is 26.2 Å². The monoisotopic (exact) mass is 342 g/mol. The maximum atomic E-state index is 11.1. The molecule has 0 saturated heterocycles. The molecule has 1 aromatic carbocycles. The van der Waals surface area contributed by atoms with E-state index in [0.29, 0.717) is 11.4 Å². The average molecular weight is 342 g/mol. The van der Waals surface area contributed by atoms with E-state index in [-0.39, 0.29) is 6.23 Å². The van der Waals surface area contributed by atoms with Crippen molar-refractivity contribution in [3.63, 3.8) is 0 Å². The van der Waals surface area contributed by atoms with E-state index in [1.54, 1.807) is 24.3 Å². The Kier molecular flexibility index (Phi) is 7.54. The van der Waals surface area contributed by atoms with Gasteiger partial charge >= 0.3 is 10.3 Å². The third kappa shape index (κ3) is 6.21. The summed E-state index contributed by atoms with van der Waals surface area (Å²) in [5.41, 5.74) is 0.365. The van der Waals surface area contributed by atoms with E-state index < -0.39 is 10.3 Å².